The van der Waals surface area contributed by atoms with Gasteiger partial charge in [0.05, 0.1) is 5.37 Å². The third kappa shape index (κ3) is 2.35. The van der Waals surface area contributed by atoms with Gasteiger partial charge in [-0.15, -0.1) is 11.8 Å². The predicted octanol–water partition coefficient (Wildman–Crippen LogP) is 1.65. The molecule has 1 heterocycles. The van der Waals surface area contributed by atoms with Crippen molar-refractivity contribution in [3.05, 3.63) is 29.8 Å². The second kappa shape index (κ2) is 5.01. The smallest absolute Gasteiger partial charge is 0.327 e. The molecule has 3 rings (SSSR count). The second-order valence-corrected chi connectivity index (χ2v) is 6.40. The first kappa shape index (κ1) is 13.3. The molecule has 106 valence electrons. The van der Waals surface area contributed by atoms with Crippen molar-refractivity contribution in [3.8, 4) is 0 Å². The monoisotopic (exact) mass is 292 g/mol. The average molecular weight is 292 g/mol. The fraction of sp³-hybridized carbons (Fsp3) is 0.429. The van der Waals surface area contributed by atoms with Crippen LogP contribution in [0.4, 0.5) is 5.69 Å². The first-order valence-corrected chi connectivity index (χ1v) is 7.65. The van der Waals surface area contributed by atoms with Crippen LogP contribution >= 0.6 is 11.8 Å². The van der Waals surface area contributed by atoms with E-state index >= 15 is 0 Å². The molecule has 0 bridgehead atoms. The molecule has 20 heavy (non-hydrogen) atoms. The SMILES string of the molecule is Nc1cccc(C(=O)N2C(C(=O)O)CSC2C2CC2)c1. The number of rotatable bonds is 3. The van der Waals surface area contributed by atoms with Gasteiger partial charge in [-0.3, -0.25) is 4.79 Å². The van der Waals surface area contributed by atoms with Crippen LogP contribution in [-0.4, -0.2) is 39.1 Å². The van der Waals surface area contributed by atoms with Crippen molar-refractivity contribution >= 4 is 29.3 Å². The van der Waals surface area contributed by atoms with E-state index in [9.17, 15) is 14.7 Å². The fourth-order valence-electron chi connectivity index (χ4n) is 2.54. The van der Waals surface area contributed by atoms with E-state index in [1.807, 2.05) is 0 Å². The van der Waals surface area contributed by atoms with E-state index in [-0.39, 0.29) is 11.3 Å². The van der Waals surface area contributed by atoms with E-state index in [1.165, 1.54) is 0 Å². The number of nitrogens with zero attached hydrogens (tertiary/aromatic N) is 1. The molecule has 6 heteroatoms. The van der Waals surface area contributed by atoms with Crippen LogP contribution in [0.3, 0.4) is 0 Å². The Morgan fingerprint density at radius 2 is 2.10 bits per heavy atom. The Bertz CT molecular complexity index is 559. The summed E-state index contributed by atoms with van der Waals surface area (Å²) >= 11 is 1.58. The molecule has 2 atom stereocenters. The molecule has 5 nitrogen and oxygen atoms in total. The third-order valence-electron chi connectivity index (χ3n) is 3.71. The van der Waals surface area contributed by atoms with Crippen molar-refractivity contribution in [2.75, 3.05) is 11.5 Å². The molecule has 0 aromatic heterocycles. The molecule has 1 amide bonds. The molecule has 1 saturated heterocycles. The van der Waals surface area contributed by atoms with Crippen molar-refractivity contribution < 1.29 is 14.7 Å². The number of benzene rings is 1. The molecule has 1 aliphatic carbocycles. The number of nitrogen functional groups attached to an aromatic ring is 1. The highest BCUT2D eigenvalue weighted by Gasteiger charge is 2.48. The molecule has 1 aliphatic heterocycles. The topological polar surface area (TPSA) is 83.6 Å². The lowest BCUT2D eigenvalue weighted by atomic mass is 10.1. The number of carboxylic acid groups (broad SMARTS) is 1. The number of thioether (sulfide) groups is 1. The summed E-state index contributed by atoms with van der Waals surface area (Å²) in [5.41, 5.74) is 6.68. The molecular weight excluding hydrogens is 276 g/mol. The summed E-state index contributed by atoms with van der Waals surface area (Å²) in [7, 11) is 0. The molecule has 3 N–H and O–H groups in total. The normalized spacial score (nSPS) is 25.7. The van der Waals surface area contributed by atoms with Crippen LogP contribution in [0.15, 0.2) is 24.3 Å². The summed E-state index contributed by atoms with van der Waals surface area (Å²) < 4.78 is 0. The van der Waals surface area contributed by atoms with E-state index in [4.69, 9.17) is 5.73 Å². The van der Waals surface area contributed by atoms with Gasteiger partial charge in [-0.05, 0) is 37.0 Å². The molecule has 0 radical (unpaired) electrons. The first-order valence-electron chi connectivity index (χ1n) is 6.60. The van der Waals surface area contributed by atoms with Gasteiger partial charge in [-0.2, -0.15) is 0 Å². The maximum absolute atomic E-state index is 12.7. The van der Waals surface area contributed by atoms with Crippen LogP contribution < -0.4 is 5.73 Å². The van der Waals surface area contributed by atoms with Crippen LogP contribution in [0, 0.1) is 5.92 Å². The first-order chi connectivity index (χ1) is 9.58. The standard InChI is InChI=1S/C14H16N2O3S/c15-10-3-1-2-9(6-10)12(17)16-11(14(18)19)7-20-13(16)8-4-5-8/h1-3,6,8,11,13H,4-5,7,15H2,(H,18,19). The Labute approximate surface area is 121 Å². The van der Waals surface area contributed by atoms with Gasteiger partial charge >= 0.3 is 5.97 Å². The van der Waals surface area contributed by atoms with Crippen LogP contribution in [0.1, 0.15) is 23.2 Å². The predicted molar refractivity (Wildman–Crippen MR) is 77.4 cm³/mol. The molecule has 1 saturated carbocycles. The van der Waals surface area contributed by atoms with Gasteiger partial charge in [0.25, 0.3) is 5.91 Å². The number of amides is 1. The van der Waals surface area contributed by atoms with Crippen LogP contribution in [0.5, 0.6) is 0 Å². The summed E-state index contributed by atoms with van der Waals surface area (Å²) in [6.07, 6.45) is 2.15. The molecule has 2 unspecified atom stereocenters. The number of hydrogen-bond donors (Lipinski definition) is 2. The van der Waals surface area contributed by atoms with Gasteiger partial charge in [0.2, 0.25) is 0 Å². The van der Waals surface area contributed by atoms with E-state index in [0.29, 0.717) is 22.9 Å². The zero-order valence-electron chi connectivity index (χ0n) is 10.9. The molecule has 1 aromatic rings. The number of hydrogen-bond acceptors (Lipinski definition) is 4. The van der Waals surface area contributed by atoms with E-state index < -0.39 is 12.0 Å². The Hall–Kier alpha value is -1.69. The molecule has 2 aliphatic rings. The molecular formula is C14H16N2O3S. The Kier molecular flexibility index (Phi) is 3.33. The summed E-state index contributed by atoms with van der Waals surface area (Å²) in [5, 5.41) is 9.31. The van der Waals surface area contributed by atoms with Gasteiger partial charge in [-0.1, -0.05) is 6.07 Å². The summed E-state index contributed by atoms with van der Waals surface area (Å²) in [5.74, 6) is -0.260. The minimum absolute atomic E-state index is 0.00923. The maximum atomic E-state index is 12.7. The second-order valence-electron chi connectivity index (χ2n) is 5.25. The quantitative estimate of drug-likeness (QED) is 0.828. The van der Waals surface area contributed by atoms with Crippen molar-refractivity contribution in [1.29, 1.82) is 0 Å². The van der Waals surface area contributed by atoms with Crippen molar-refractivity contribution in [1.82, 2.24) is 4.90 Å². The number of carbonyl (C=O) groups is 2. The Balaban J connectivity index is 1.90. The fourth-order valence-corrected chi connectivity index (χ4v) is 4.17. The van der Waals surface area contributed by atoms with E-state index in [0.717, 1.165) is 12.8 Å². The van der Waals surface area contributed by atoms with Gasteiger partial charge in [-0.25, -0.2) is 4.79 Å². The number of anilines is 1. The van der Waals surface area contributed by atoms with Gasteiger partial charge in [0.15, 0.2) is 0 Å². The molecule has 1 aromatic carbocycles. The van der Waals surface area contributed by atoms with Crippen LogP contribution in [-0.2, 0) is 4.79 Å². The molecule has 0 spiro atoms. The Morgan fingerprint density at radius 3 is 2.70 bits per heavy atom. The van der Waals surface area contributed by atoms with Crippen LogP contribution in [0.2, 0.25) is 0 Å². The highest BCUT2D eigenvalue weighted by atomic mass is 32.2. The van der Waals surface area contributed by atoms with Gasteiger partial charge in [0, 0.05) is 17.0 Å². The average Bonchev–Trinajstić information content (AvgIpc) is 3.16. The summed E-state index contributed by atoms with van der Waals surface area (Å²) in [6.45, 7) is 0. The number of carbonyl (C=O) groups excluding carboxylic acids is 1. The maximum Gasteiger partial charge on any atom is 0.327 e. The largest absolute Gasteiger partial charge is 0.480 e. The zero-order chi connectivity index (χ0) is 14.3. The van der Waals surface area contributed by atoms with Crippen molar-refractivity contribution in [2.45, 2.75) is 24.3 Å². The minimum Gasteiger partial charge on any atom is -0.480 e. The summed E-state index contributed by atoms with van der Waals surface area (Å²) in [4.78, 5) is 25.6. The van der Waals surface area contributed by atoms with Crippen LogP contribution in [0.25, 0.3) is 0 Å². The third-order valence-corrected chi connectivity index (χ3v) is 5.17. The van der Waals surface area contributed by atoms with Gasteiger partial charge in [0.1, 0.15) is 6.04 Å². The van der Waals surface area contributed by atoms with Gasteiger partial charge < -0.3 is 15.7 Å². The summed E-state index contributed by atoms with van der Waals surface area (Å²) in [6, 6.07) is 5.98. The number of aliphatic carboxylic acids is 1. The highest BCUT2D eigenvalue weighted by molar-refractivity contribution is 8.00. The van der Waals surface area contributed by atoms with E-state index in [1.54, 1.807) is 40.9 Å². The number of carboxylic acids is 1. The lowest BCUT2D eigenvalue weighted by Gasteiger charge is -2.27. The number of nitrogens with two attached hydrogens (primary N) is 1. The van der Waals surface area contributed by atoms with Crippen molar-refractivity contribution in [2.24, 2.45) is 5.92 Å². The van der Waals surface area contributed by atoms with E-state index in [2.05, 4.69) is 0 Å². The Morgan fingerprint density at radius 1 is 1.35 bits per heavy atom. The lowest BCUT2D eigenvalue weighted by Crippen LogP contribution is -2.46. The zero-order valence-corrected chi connectivity index (χ0v) is 11.7. The highest BCUT2D eigenvalue weighted by Crippen LogP contribution is 2.45. The minimum atomic E-state index is -0.932. The molecule has 2 fully saturated rings. The lowest BCUT2D eigenvalue weighted by molar-refractivity contribution is -0.141. The van der Waals surface area contributed by atoms with Crippen molar-refractivity contribution in [3.63, 3.8) is 0 Å².